The molecule has 0 saturated carbocycles. The maximum atomic E-state index is 12.4. The van der Waals surface area contributed by atoms with E-state index in [2.05, 4.69) is 21.6 Å². The van der Waals surface area contributed by atoms with Crippen LogP contribution in [-0.4, -0.2) is 26.4 Å². The number of aryl methyl sites for hydroxylation is 4. The first-order chi connectivity index (χ1) is 14.8. The summed E-state index contributed by atoms with van der Waals surface area (Å²) in [7, 11) is 0. The van der Waals surface area contributed by atoms with Crippen molar-refractivity contribution < 1.29 is 9.53 Å². The Morgan fingerprint density at radius 2 is 1.71 bits per heavy atom. The second-order valence-electron chi connectivity index (χ2n) is 7.52. The highest BCUT2D eigenvalue weighted by atomic mass is 35.5. The fourth-order valence-electron chi connectivity index (χ4n) is 3.36. The van der Waals surface area contributed by atoms with Crippen LogP contribution >= 0.6 is 23.4 Å². The number of hydrogen-bond donors (Lipinski definition) is 1. The zero-order chi connectivity index (χ0) is 22.5. The summed E-state index contributed by atoms with van der Waals surface area (Å²) >= 11 is 7.59. The largest absolute Gasteiger partial charge is 0.486 e. The molecule has 0 atom stereocenters. The van der Waals surface area contributed by atoms with Crippen LogP contribution in [0, 0.1) is 27.7 Å². The lowest BCUT2D eigenvalue weighted by atomic mass is 10.1. The number of amides is 1. The van der Waals surface area contributed by atoms with Crippen LogP contribution in [0.1, 0.15) is 35.0 Å². The van der Waals surface area contributed by atoms with Crippen molar-refractivity contribution in [3.8, 4) is 5.75 Å². The number of nitrogens with one attached hydrogen (secondary N) is 1. The molecule has 0 aliphatic carbocycles. The molecule has 0 fully saturated rings. The molecule has 1 aromatic heterocycles. The van der Waals surface area contributed by atoms with E-state index in [1.807, 2.05) is 63.5 Å². The smallest absolute Gasteiger partial charge is 0.234 e. The molecular formula is C23H27ClN4O2S. The average Bonchev–Trinajstić information content (AvgIpc) is 3.09. The summed E-state index contributed by atoms with van der Waals surface area (Å²) in [6.45, 7) is 10.9. The van der Waals surface area contributed by atoms with Crippen LogP contribution in [0.25, 0.3) is 0 Å². The Morgan fingerprint density at radius 1 is 1.06 bits per heavy atom. The van der Waals surface area contributed by atoms with Gasteiger partial charge in [0.15, 0.2) is 11.0 Å². The number of thioether (sulfide) groups is 1. The van der Waals surface area contributed by atoms with Gasteiger partial charge in [-0.05, 0) is 81.1 Å². The highest BCUT2D eigenvalue weighted by molar-refractivity contribution is 7.99. The zero-order valence-electron chi connectivity index (χ0n) is 18.5. The number of halogens is 1. The minimum Gasteiger partial charge on any atom is -0.486 e. The summed E-state index contributed by atoms with van der Waals surface area (Å²) in [6, 6.07) is 9.81. The Morgan fingerprint density at radius 3 is 2.32 bits per heavy atom. The number of carbonyl (C=O) groups is 1. The van der Waals surface area contributed by atoms with Crippen molar-refractivity contribution >= 4 is 35.0 Å². The number of ether oxygens (including phenoxy) is 1. The van der Waals surface area contributed by atoms with Crippen molar-refractivity contribution in [3.63, 3.8) is 0 Å². The minimum atomic E-state index is -0.0782. The molecule has 0 radical (unpaired) electrons. The number of nitrogens with zero attached hydrogens (tertiary/aromatic N) is 3. The Hall–Kier alpha value is -2.51. The third-order valence-corrected chi connectivity index (χ3v) is 6.29. The Labute approximate surface area is 192 Å². The number of anilines is 1. The average molecular weight is 459 g/mol. The second kappa shape index (κ2) is 10.2. The molecule has 164 valence electrons. The van der Waals surface area contributed by atoms with Crippen molar-refractivity contribution in [2.75, 3.05) is 11.1 Å². The molecule has 3 rings (SSSR count). The van der Waals surface area contributed by atoms with Crippen LogP contribution in [-0.2, 0) is 17.9 Å². The number of rotatable bonds is 8. The van der Waals surface area contributed by atoms with Crippen molar-refractivity contribution in [2.24, 2.45) is 0 Å². The molecule has 1 heterocycles. The summed E-state index contributed by atoms with van der Waals surface area (Å²) in [5, 5.41) is 12.9. The summed E-state index contributed by atoms with van der Waals surface area (Å²) in [5.41, 5.74) is 4.98. The van der Waals surface area contributed by atoms with Crippen molar-refractivity contribution in [2.45, 2.75) is 52.9 Å². The SMILES string of the molecule is CCn1c(COc2cc(C)c(Cl)c(C)c2)nnc1SCC(=O)Nc1cc(C)cc(C)c1. The van der Waals surface area contributed by atoms with Crippen LogP contribution in [0.2, 0.25) is 5.02 Å². The van der Waals surface area contributed by atoms with Crippen LogP contribution < -0.4 is 10.1 Å². The molecule has 1 amide bonds. The maximum absolute atomic E-state index is 12.4. The molecule has 0 saturated heterocycles. The number of carbonyl (C=O) groups excluding carboxylic acids is 1. The van der Waals surface area contributed by atoms with Gasteiger partial charge in [0, 0.05) is 17.3 Å². The van der Waals surface area contributed by atoms with Gasteiger partial charge in [-0.3, -0.25) is 4.79 Å². The van der Waals surface area contributed by atoms with Gasteiger partial charge in [0.05, 0.1) is 5.75 Å². The van der Waals surface area contributed by atoms with E-state index in [1.54, 1.807) is 0 Å². The Bertz CT molecular complexity index is 1050. The van der Waals surface area contributed by atoms with Gasteiger partial charge in [-0.25, -0.2) is 0 Å². The quantitative estimate of drug-likeness (QED) is 0.451. The molecule has 0 bridgehead atoms. The van der Waals surface area contributed by atoms with Gasteiger partial charge in [-0.1, -0.05) is 29.4 Å². The number of benzene rings is 2. The van der Waals surface area contributed by atoms with E-state index in [0.29, 0.717) is 17.5 Å². The third-order valence-electron chi connectivity index (χ3n) is 4.73. The highest BCUT2D eigenvalue weighted by Gasteiger charge is 2.14. The van der Waals surface area contributed by atoms with Gasteiger partial charge in [0.2, 0.25) is 5.91 Å². The van der Waals surface area contributed by atoms with Gasteiger partial charge >= 0.3 is 0 Å². The normalized spacial score (nSPS) is 10.9. The fourth-order valence-corrected chi connectivity index (χ4v) is 4.29. The topological polar surface area (TPSA) is 69.0 Å². The van der Waals surface area contributed by atoms with E-state index in [4.69, 9.17) is 16.3 Å². The lowest BCUT2D eigenvalue weighted by Gasteiger charge is -2.11. The van der Waals surface area contributed by atoms with E-state index in [9.17, 15) is 4.79 Å². The molecule has 0 spiro atoms. The van der Waals surface area contributed by atoms with Crippen molar-refractivity contribution in [1.29, 1.82) is 0 Å². The van der Waals surface area contributed by atoms with Gasteiger partial charge in [0.1, 0.15) is 12.4 Å². The predicted molar refractivity (Wildman–Crippen MR) is 126 cm³/mol. The van der Waals surface area contributed by atoms with Crippen LogP contribution in [0.15, 0.2) is 35.5 Å². The first-order valence-electron chi connectivity index (χ1n) is 10.1. The summed E-state index contributed by atoms with van der Waals surface area (Å²) < 4.78 is 7.88. The molecule has 6 nitrogen and oxygen atoms in total. The Balaban J connectivity index is 1.61. The maximum Gasteiger partial charge on any atom is 0.234 e. The van der Waals surface area contributed by atoms with Gasteiger partial charge < -0.3 is 14.6 Å². The van der Waals surface area contributed by atoms with Gasteiger partial charge in [-0.2, -0.15) is 0 Å². The highest BCUT2D eigenvalue weighted by Crippen LogP contribution is 2.26. The lowest BCUT2D eigenvalue weighted by molar-refractivity contribution is -0.113. The first kappa shape index (κ1) is 23.2. The van der Waals surface area contributed by atoms with E-state index in [-0.39, 0.29) is 18.3 Å². The predicted octanol–water partition coefficient (Wildman–Crippen LogP) is 5.49. The minimum absolute atomic E-state index is 0.0782. The molecule has 8 heteroatoms. The van der Waals surface area contributed by atoms with E-state index in [1.165, 1.54) is 11.8 Å². The monoisotopic (exact) mass is 458 g/mol. The van der Waals surface area contributed by atoms with Crippen LogP contribution in [0.4, 0.5) is 5.69 Å². The summed E-state index contributed by atoms with van der Waals surface area (Å²) in [5.74, 6) is 1.63. The summed E-state index contributed by atoms with van der Waals surface area (Å²) in [6.07, 6.45) is 0. The molecular weight excluding hydrogens is 432 g/mol. The number of aromatic nitrogens is 3. The summed E-state index contributed by atoms with van der Waals surface area (Å²) in [4.78, 5) is 12.4. The first-order valence-corrected chi connectivity index (χ1v) is 11.5. The molecule has 0 unspecified atom stereocenters. The third kappa shape index (κ3) is 6.02. The van der Waals surface area contributed by atoms with Gasteiger partial charge in [0.25, 0.3) is 0 Å². The lowest BCUT2D eigenvalue weighted by Crippen LogP contribution is -2.15. The van der Waals surface area contributed by atoms with Gasteiger partial charge in [-0.15, -0.1) is 10.2 Å². The van der Waals surface area contributed by atoms with Crippen molar-refractivity contribution in [3.05, 3.63) is 63.4 Å². The molecule has 1 N–H and O–H groups in total. The molecule has 0 aliphatic heterocycles. The van der Waals surface area contributed by atoms with Crippen molar-refractivity contribution in [1.82, 2.24) is 14.8 Å². The van der Waals surface area contributed by atoms with E-state index >= 15 is 0 Å². The Kier molecular flexibility index (Phi) is 7.62. The van der Waals surface area contributed by atoms with Crippen LogP contribution in [0.5, 0.6) is 5.75 Å². The number of hydrogen-bond acceptors (Lipinski definition) is 5. The molecule has 0 aliphatic rings. The van der Waals surface area contributed by atoms with E-state index < -0.39 is 0 Å². The molecule has 3 aromatic rings. The van der Waals surface area contributed by atoms with Crippen LogP contribution in [0.3, 0.4) is 0 Å². The van der Waals surface area contributed by atoms with E-state index in [0.717, 1.165) is 38.7 Å². The second-order valence-corrected chi connectivity index (χ2v) is 8.84. The molecule has 31 heavy (non-hydrogen) atoms. The fraction of sp³-hybridized carbons (Fsp3) is 0.348. The standard InChI is InChI=1S/C23H27ClN4O2S/c1-6-28-20(12-30-19-10-16(4)22(24)17(5)11-19)26-27-23(28)31-13-21(29)25-18-8-14(2)7-15(3)9-18/h7-11H,6,12-13H2,1-5H3,(H,25,29). The zero-order valence-corrected chi connectivity index (χ0v) is 20.0. The molecule has 2 aromatic carbocycles.